The van der Waals surface area contributed by atoms with Crippen LogP contribution in [0.4, 0.5) is 5.69 Å². The number of allylic oxidation sites excluding steroid dienone is 1. The van der Waals surface area contributed by atoms with Crippen LogP contribution in [0.25, 0.3) is 5.69 Å². The highest BCUT2D eigenvalue weighted by Crippen LogP contribution is 2.40. The Kier molecular flexibility index (Phi) is 8.15. The van der Waals surface area contributed by atoms with Gasteiger partial charge in [0.1, 0.15) is 5.75 Å². The Morgan fingerprint density at radius 2 is 1.84 bits per heavy atom. The van der Waals surface area contributed by atoms with Crippen molar-refractivity contribution in [2.24, 2.45) is 13.0 Å². The Bertz CT molecular complexity index is 1330. The molecule has 0 saturated carbocycles. The molecular weight excluding hydrogens is 474 g/mol. The minimum atomic E-state index is -0.805. The molecule has 9 nitrogen and oxygen atoms in total. The third-order valence-electron chi connectivity index (χ3n) is 6.72. The van der Waals surface area contributed by atoms with E-state index in [1.807, 2.05) is 51.2 Å². The van der Waals surface area contributed by atoms with E-state index in [1.54, 1.807) is 33.6 Å². The zero-order valence-corrected chi connectivity index (χ0v) is 21.3. The summed E-state index contributed by atoms with van der Waals surface area (Å²) in [5.74, 6) is -1.46. The van der Waals surface area contributed by atoms with Gasteiger partial charge >= 0.3 is 0 Å². The Hall–Kier alpha value is -3.82. The van der Waals surface area contributed by atoms with Crippen LogP contribution in [0.1, 0.15) is 36.9 Å². The topological polar surface area (TPSA) is 115 Å². The number of nitrogens with zero attached hydrogens (tertiary/aromatic N) is 2. The SMILES string of the molecule is CCO[C@@H]1OC(C(=O)Nc2ccccc2O)=C[C@H](c2c(C)n(C)n(-c3ccccc3)c2=O)[C@@H]1CCCO. The lowest BCUT2D eigenvalue weighted by Gasteiger charge is -2.36. The Morgan fingerprint density at radius 3 is 2.51 bits per heavy atom. The molecule has 3 atom stereocenters. The maximum absolute atomic E-state index is 13.9. The van der Waals surface area contributed by atoms with Crippen molar-refractivity contribution in [2.45, 2.75) is 38.9 Å². The summed E-state index contributed by atoms with van der Waals surface area (Å²) < 4.78 is 15.3. The molecule has 3 aromatic rings. The van der Waals surface area contributed by atoms with Gasteiger partial charge < -0.3 is 25.0 Å². The lowest BCUT2D eigenvalue weighted by molar-refractivity contribution is -0.165. The van der Waals surface area contributed by atoms with Crippen molar-refractivity contribution in [3.8, 4) is 11.4 Å². The summed E-state index contributed by atoms with van der Waals surface area (Å²) in [5.41, 5.74) is 2.06. The van der Waals surface area contributed by atoms with Gasteiger partial charge in [-0.05, 0) is 57.0 Å². The van der Waals surface area contributed by atoms with Crippen LogP contribution in [0.2, 0.25) is 0 Å². The molecule has 0 bridgehead atoms. The van der Waals surface area contributed by atoms with Crippen LogP contribution in [-0.4, -0.2) is 45.0 Å². The Morgan fingerprint density at radius 1 is 1.14 bits per heavy atom. The van der Waals surface area contributed by atoms with Gasteiger partial charge in [0, 0.05) is 43.4 Å². The summed E-state index contributed by atoms with van der Waals surface area (Å²) in [6.07, 6.45) is 1.86. The number of phenolic OH excluding ortho intramolecular Hbond substituents is 1. The molecule has 1 aliphatic heterocycles. The number of nitrogens with one attached hydrogen (secondary N) is 1. The molecular formula is C28H33N3O6. The van der Waals surface area contributed by atoms with E-state index < -0.39 is 18.1 Å². The first-order valence-electron chi connectivity index (χ1n) is 12.4. The highest BCUT2D eigenvalue weighted by molar-refractivity contribution is 6.03. The van der Waals surface area contributed by atoms with Crippen LogP contribution in [0.5, 0.6) is 5.75 Å². The van der Waals surface area contributed by atoms with Gasteiger partial charge in [0.15, 0.2) is 5.76 Å². The van der Waals surface area contributed by atoms with Gasteiger partial charge in [0.05, 0.1) is 11.4 Å². The number of aliphatic hydroxyl groups is 1. The highest BCUT2D eigenvalue weighted by atomic mass is 16.7. The number of carbonyl (C=O) groups excluding carboxylic acids is 1. The summed E-state index contributed by atoms with van der Waals surface area (Å²) in [6, 6.07) is 15.8. The molecule has 1 aromatic heterocycles. The Balaban J connectivity index is 1.82. The van der Waals surface area contributed by atoms with Gasteiger partial charge in [-0.25, -0.2) is 4.68 Å². The van der Waals surface area contributed by atoms with E-state index in [2.05, 4.69) is 5.32 Å². The van der Waals surface area contributed by atoms with Gasteiger partial charge in [-0.2, -0.15) is 0 Å². The first kappa shape index (κ1) is 26.2. The minimum absolute atomic E-state index is 0.000802. The lowest BCUT2D eigenvalue weighted by atomic mass is 9.80. The lowest BCUT2D eigenvalue weighted by Crippen LogP contribution is -2.39. The van der Waals surface area contributed by atoms with E-state index in [0.29, 0.717) is 25.0 Å². The third-order valence-corrected chi connectivity index (χ3v) is 6.72. The zero-order chi connectivity index (χ0) is 26.5. The second-order valence-electron chi connectivity index (χ2n) is 8.97. The Labute approximate surface area is 215 Å². The molecule has 196 valence electrons. The summed E-state index contributed by atoms with van der Waals surface area (Å²) in [4.78, 5) is 27.1. The largest absolute Gasteiger partial charge is 0.506 e. The van der Waals surface area contributed by atoms with Crippen molar-refractivity contribution < 1.29 is 24.5 Å². The molecule has 3 N–H and O–H groups in total. The van der Waals surface area contributed by atoms with Gasteiger partial charge in [0.25, 0.3) is 11.5 Å². The number of rotatable bonds is 9. The number of aliphatic hydroxyl groups excluding tert-OH is 1. The van der Waals surface area contributed by atoms with Crippen molar-refractivity contribution in [2.75, 3.05) is 18.5 Å². The van der Waals surface area contributed by atoms with Crippen LogP contribution in [0.3, 0.4) is 0 Å². The first-order valence-corrected chi connectivity index (χ1v) is 12.4. The number of para-hydroxylation sites is 3. The number of hydrogen-bond acceptors (Lipinski definition) is 6. The molecule has 2 aromatic carbocycles. The number of phenols is 1. The number of anilines is 1. The molecule has 2 heterocycles. The quantitative estimate of drug-likeness (QED) is 0.382. The normalized spacial score (nSPS) is 19.2. The predicted molar refractivity (Wildman–Crippen MR) is 140 cm³/mol. The number of amides is 1. The van der Waals surface area contributed by atoms with E-state index in [9.17, 15) is 19.8 Å². The van der Waals surface area contributed by atoms with E-state index in [4.69, 9.17) is 9.47 Å². The smallest absolute Gasteiger partial charge is 0.290 e. The number of aromatic nitrogens is 2. The van der Waals surface area contributed by atoms with E-state index in [-0.39, 0.29) is 35.3 Å². The fraction of sp³-hybridized carbons (Fsp3) is 0.357. The molecule has 37 heavy (non-hydrogen) atoms. The van der Waals surface area contributed by atoms with Crippen molar-refractivity contribution >= 4 is 11.6 Å². The second-order valence-corrected chi connectivity index (χ2v) is 8.97. The van der Waals surface area contributed by atoms with Gasteiger partial charge in [-0.1, -0.05) is 30.3 Å². The maximum atomic E-state index is 13.9. The zero-order valence-electron chi connectivity index (χ0n) is 21.3. The minimum Gasteiger partial charge on any atom is -0.506 e. The molecule has 1 amide bonds. The average molecular weight is 508 g/mol. The van der Waals surface area contributed by atoms with Crippen LogP contribution >= 0.6 is 0 Å². The second kappa shape index (κ2) is 11.5. The average Bonchev–Trinajstić information content (AvgIpc) is 3.12. The third kappa shape index (κ3) is 5.33. The molecule has 4 rings (SSSR count). The number of ether oxygens (including phenoxy) is 2. The molecule has 0 saturated heterocycles. The van der Waals surface area contributed by atoms with Crippen molar-refractivity contribution in [1.29, 1.82) is 0 Å². The summed E-state index contributed by atoms with van der Waals surface area (Å²) in [6.45, 7) is 4.02. The monoisotopic (exact) mass is 507 g/mol. The van der Waals surface area contributed by atoms with Gasteiger partial charge in [-0.3, -0.25) is 14.3 Å². The predicted octanol–water partition coefficient (Wildman–Crippen LogP) is 3.58. The fourth-order valence-electron chi connectivity index (χ4n) is 4.84. The van der Waals surface area contributed by atoms with E-state index in [0.717, 1.165) is 11.4 Å². The molecule has 1 aliphatic rings. The van der Waals surface area contributed by atoms with Crippen molar-refractivity contribution in [3.05, 3.63) is 88.0 Å². The maximum Gasteiger partial charge on any atom is 0.290 e. The molecule has 0 fully saturated rings. The molecule has 0 unspecified atom stereocenters. The van der Waals surface area contributed by atoms with E-state index in [1.165, 1.54) is 6.07 Å². The summed E-state index contributed by atoms with van der Waals surface area (Å²) in [7, 11) is 1.82. The number of carbonyl (C=O) groups is 1. The standard InChI is InChI=1S/C28H33N3O6/c1-4-36-28-20(13-10-16-32)21(17-24(37-28)26(34)29-22-14-8-9-15-23(22)33)25-18(2)30(3)31(27(25)35)19-11-6-5-7-12-19/h5-9,11-12,14-15,17,20-21,28,32-33H,4,10,13,16H2,1-3H3,(H,29,34)/t20-,21-,28+/m0/s1. The van der Waals surface area contributed by atoms with E-state index >= 15 is 0 Å². The summed E-state index contributed by atoms with van der Waals surface area (Å²) >= 11 is 0. The van der Waals surface area contributed by atoms with Crippen LogP contribution in [-0.2, 0) is 21.3 Å². The van der Waals surface area contributed by atoms with Crippen LogP contribution in [0, 0.1) is 12.8 Å². The van der Waals surface area contributed by atoms with Crippen molar-refractivity contribution in [1.82, 2.24) is 9.36 Å². The van der Waals surface area contributed by atoms with Crippen LogP contribution < -0.4 is 10.9 Å². The van der Waals surface area contributed by atoms with Gasteiger partial charge in [-0.15, -0.1) is 0 Å². The highest BCUT2D eigenvalue weighted by Gasteiger charge is 2.40. The molecule has 0 aliphatic carbocycles. The summed E-state index contributed by atoms with van der Waals surface area (Å²) in [5, 5.41) is 22.3. The molecule has 9 heteroatoms. The fourth-order valence-corrected chi connectivity index (χ4v) is 4.84. The number of aromatic hydroxyl groups is 1. The van der Waals surface area contributed by atoms with Gasteiger partial charge in [0.2, 0.25) is 6.29 Å². The number of benzene rings is 2. The number of hydrogen-bond donors (Lipinski definition) is 3. The first-order chi connectivity index (χ1) is 17.9. The van der Waals surface area contributed by atoms with Crippen molar-refractivity contribution in [3.63, 3.8) is 0 Å². The molecule has 0 radical (unpaired) electrons. The molecule has 0 spiro atoms. The van der Waals surface area contributed by atoms with Crippen LogP contribution in [0.15, 0.2) is 71.2 Å².